The second kappa shape index (κ2) is 7.65. The average molecular weight is 308 g/mol. The van der Waals surface area contributed by atoms with Crippen LogP contribution in [0.4, 0.5) is 0 Å². The fourth-order valence-corrected chi connectivity index (χ4v) is 1.75. The summed E-state index contributed by atoms with van der Waals surface area (Å²) in [6.07, 6.45) is 0.384. The van der Waals surface area contributed by atoms with E-state index in [9.17, 15) is 4.79 Å². The van der Waals surface area contributed by atoms with Crippen LogP contribution in [0.5, 0.6) is 0 Å². The van der Waals surface area contributed by atoms with Crippen LogP contribution in [0.25, 0.3) is 0 Å². The van der Waals surface area contributed by atoms with E-state index < -0.39 is 0 Å². The highest BCUT2D eigenvalue weighted by molar-refractivity contribution is 9.10. The predicted molar refractivity (Wildman–Crippen MR) is 71.6 cm³/mol. The molecule has 5 heteroatoms. The zero-order valence-corrected chi connectivity index (χ0v) is 11.5. The Balaban J connectivity index is 0.00000225. The van der Waals surface area contributed by atoms with Gasteiger partial charge in [0.05, 0.1) is 0 Å². The van der Waals surface area contributed by atoms with Crippen LogP contribution >= 0.6 is 28.3 Å². The van der Waals surface area contributed by atoms with E-state index in [4.69, 9.17) is 5.73 Å². The summed E-state index contributed by atoms with van der Waals surface area (Å²) >= 11 is 3.40. The molecule has 0 saturated carbocycles. The van der Waals surface area contributed by atoms with Crippen LogP contribution in [0.15, 0.2) is 22.7 Å². The molecular formula is C11H16BrClN2O. The van der Waals surface area contributed by atoms with Gasteiger partial charge in [0.1, 0.15) is 0 Å². The van der Waals surface area contributed by atoms with Crippen LogP contribution in [-0.4, -0.2) is 12.5 Å². The van der Waals surface area contributed by atoms with Crippen molar-refractivity contribution in [2.45, 2.75) is 19.9 Å². The number of carbonyl (C=O) groups excluding carboxylic acids is 1. The molecule has 16 heavy (non-hydrogen) atoms. The Morgan fingerprint density at radius 3 is 2.75 bits per heavy atom. The SMILES string of the molecule is Cc1cc(Br)ccc1CNC(=O)CCN.Cl. The lowest BCUT2D eigenvalue weighted by atomic mass is 10.1. The summed E-state index contributed by atoms with van der Waals surface area (Å²) in [4.78, 5) is 11.2. The topological polar surface area (TPSA) is 55.1 Å². The van der Waals surface area contributed by atoms with Crippen LogP contribution in [-0.2, 0) is 11.3 Å². The molecule has 0 heterocycles. The van der Waals surface area contributed by atoms with Gasteiger partial charge in [0, 0.05) is 24.0 Å². The second-order valence-electron chi connectivity index (χ2n) is 3.39. The summed E-state index contributed by atoms with van der Waals surface area (Å²) in [6.45, 7) is 2.98. The van der Waals surface area contributed by atoms with Gasteiger partial charge in [-0.05, 0) is 30.2 Å². The molecule has 0 aliphatic heterocycles. The Kier molecular flexibility index (Phi) is 7.38. The maximum absolute atomic E-state index is 11.2. The summed E-state index contributed by atoms with van der Waals surface area (Å²) in [6, 6.07) is 6.00. The van der Waals surface area contributed by atoms with Crippen LogP contribution < -0.4 is 11.1 Å². The van der Waals surface area contributed by atoms with Crippen LogP contribution in [0, 0.1) is 6.92 Å². The fourth-order valence-electron chi connectivity index (χ4n) is 1.27. The van der Waals surface area contributed by atoms with Gasteiger partial charge < -0.3 is 11.1 Å². The molecule has 0 aliphatic carbocycles. The lowest BCUT2D eigenvalue weighted by Crippen LogP contribution is -2.25. The zero-order chi connectivity index (χ0) is 11.3. The first kappa shape index (κ1) is 15.4. The van der Waals surface area contributed by atoms with Gasteiger partial charge in [0.25, 0.3) is 0 Å². The van der Waals surface area contributed by atoms with Crippen molar-refractivity contribution in [2.75, 3.05) is 6.54 Å². The number of benzene rings is 1. The Morgan fingerprint density at radius 1 is 1.50 bits per heavy atom. The van der Waals surface area contributed by atoms with Crippen molar-refractivity contribution >= 4 is 34.2 Å². The number of nitrogens with one attached hydrogen (secondary N) is 1. The van der Waals surface area contributed by atoms with Crippen LogP contribution in [0.1, 0.15) is 17.5 Å². The molecule has 3 nitrogen and oxygen atoms in total. The first-order chi connectivity index (χ1) is 7.13. The second-order valence-corrected chi connectivity index (χ2v) is 4.30. The molecule has 0 aromatic heterocycles. The summed E-state index contributed by atoms with van der Waals surface area (Å²) in [5, 5.41) is 2.83. The Morgan fingerprint density at radius 2 is 2.19 bits per heavy atom. The van der Waals surface area contributed by atoms with Gasteiger partial charge in [0.2, 0.25) is 5.91 Å². The van der Waals surface area contributed by atoms with Gasteiger partial charge >= 0.3 is 0 Å². The van der Waals surface area contributed by atoms with E-state index >= 15 is 0 Å². The molecule has 1 rings (SSSR count). The van der Waals surface area contributed by atoms with Crippen molar-refractivity contribution in [2.24, 2.45) is 5.73 Å². The third-order valence-corrected chi connectivity index (χ3v) is 2.65. The van der Waals surface area contributed by atoms with E-state index in [1.165, 1.54) is 0 Å². The summed E-state index contributed by atoms with van der Waals surface area (Å²) in [5.74, 6) is -0.000168. The summed E-state index contributed by atoms with van der Waals surface area (Å²) in [5.41, 5.74) is 7.57. The van der Waals surface area contributed by atoms with E-state index in [0.717, 1.165) is 15.6 Å². The molecule has 1 amide bonds. The molecule has 90 valence electrons. The van der Waals surface area contributed by atoms with Gasteiger partial charge in [-0.2, -0.15) is 0 Å². The van der Waals surface area contributed by atoms with Crippen molar-refractivity contribution in [1.82, 2.24) is 5.32 Å². The number of amides is 1. The largest absolute Gasteiger partial charge is 0.352 e. The maximum Gasteiger partial charge on any atom is 0.221 e. The molecule has 1 aromatic rings. The number of halogens is 2. The molecule has 0 fully saturated rings. The zero-order valence-electron chi connectivity index (χ0n) is 9.13. The van der Waals surface area contributed by atoms with Crippen LogP contribution in [0.3, 0.4) is 0 Å². The molecule has 3 N–H and O–H groups in total. The number of carbonyl (C=O) groups is 1. The fraction of sp³-hybridized carbons (Fsp3) is 0.364. The summed E-state index contributed by atoms with van der Waals surface area (Å²) in [7, 11) is 0. The van der Waals surface area contributed by atoms with Gasteiger partial charge in [-0.1, -0.05) is 22.0 Å². The Hall–Kier alpha value is -0.580. The normalized spacial score (nSPS) is 9.44. The first-order valence-electron chi connectivity index (χ1n) is 4.85. The molecule has 1 aromatic carbocycles. The summed E-state index contributed by atoms with van der Waals surface area (Å²) < 4.78 is 1.05. The molecule has 0 unspecified atom stereocenters. The smallest absolute Gasteiger partial charge is 0.221 e. The molecule has 0 atom stereocenters. The monoisotopic (exact) mass is 306 g/mol. The van der Waals surface area contributed by atoms with Crippen molar-refractivity contribution < 1.29 is 4.79 Å². The molecular weight excluding hydrogens is 291 g/mol. The highest BCUT2D eigenvalue weighted by atomic mass is 79.9. The Bertz CT molecular complexity index is 358. The van der Waals surface area contributed by atoms with Crippen LogP contribution in [0.2, 0.25) is 0 Å². The van der Waals surface area contributed by atoms with Gasteiger partial charge in [-0.15, -0.1) is 12.4 Å². The minimum atomic E-state index is -0.000168. The number of rotatable bonds is 4. The minimum absolute atomic E-state index is 0. The molecule has 0 saturated heterocycles. The lowest BCUT2D eigenvalue weighted by Gasteiger charge is -2.07. The quantitative estimate of drug-likeness (QED) is 0.895. The van der Waals surface area contributed by atoms with Crippen molar-refractivity contribution in [1.29, 1.82) is 0 Å². The Labute approximate surface area is 110 Å². The van der Waals surface area contributed by atoms with E-state index in [0.29, 0.717) is 19.5 Å². The number of aryl methyl sites for hydroxylation is 1. The highest BCUT2D eigenvalue weighted by Gasteiger charge is 2.02. The van der Waals surface area contributed by atoms with E-state index in [1.807, 2.05) is 25.1 Å². The van der Waals surface area contributed by atoms with Crippen molar-refractivity contribution in [3.05, 3.63) is 33.8 Å². The highest BCUT2D eigenvalue weighted by Crippen LogP contribution is 2.15. The van der Waals surface area contributed by atoms with Crippen molar-refractivity contribution in [3.8, 4) is 0 Å². The average Bonchev–Trinajstić information content (AvgIpc) is 2.17. The van der Waals surface area contributed by atoms with Gasteiger partial charge in [-0.25, -0.2) is 0 Å². The van der Waals surface area contributed by atoms with E-state index in [1.54, 1.807) is 0 Å². The van der Waals surface area contributed by atoms with Gasteiger partial charge in [-0.3, -0.25) is 4.79 Å². The van der Waals surface area contributed by atoms with E-state index in [-0.39, 0.29) is 18.3 Å². The molecule has 0 radical (unpaired) electrons. The van der Waals surface area contributed by atoms with Crippen molar-refractivity contribution in [3.63, 3.8) is 0 Å². The van der Waals surface area contributed by atoms with Gasteiger partial charge in [0.15, 0.2) is 0 Å². The molecule has 0 aliphatic rings. The van der Waals surface area contributed by atoms with E-state index in [2.05, 4.69) is 21.2 Å². The number of hydrogen-bond acceptors (Lipinski definition) is 2. The predicted octanol–water partition coefficient (Wildman–Crippen LogP) is 2.14. The maximum atomic E-state index is 11.2. The third kappa shape index (κ3) is 4.96. The standard InChI is InChI=1S/C11H15BrN2O.ClH/c1-8-6-10(12)3-2-9(8)7-14-11(15)4-5-13;/h2-3,6H,4-5,7,13H2,1H3,(H,14,15);1H. The molecule has 0 spiro atoms. The molecule has 0 bridgehead atoms. The minimum Gasteiger partial charge on any atom is -0.352 e. The first-order valence-corrected chi connectivity index (χ1v) is 5.64. The third-order valence-electron chi connectivity index (χ3n) is 2.15. The number of hydrogen-bond donors (Lipinski definition) is 2. The lowest BCUT2D eigenvalue weighted by molar-refractivity contribution is -0.121. The number of nitrogens with two attached hydrogens (primary N) is 1.